The minimum absolute atomic E-state index is 0.818. The number of thioether (sulfide) groups is 1. The molecule has 1 fully saturated rings. The van der Waals surface area contributed by atoms with Gasteiger partial charge in [0.05, 0.1) is 0 Å². The van der Waals surface area contributed by atoms with Gasteiger partial charge in [-0.25, -0.2) is 0 Å². The van der Waals surface area contributed by atoms with Crippen LogP contribution in [0.3, 0.4) is 0 Å². The van der Waals surface area contributed by atoms with Gasteiger partial charge in [0.2, 0.25) is 0 Å². The summed E-state index contributed by atoms with van der Waals surface area (Å²) in [6, 6.07) is 9.53. The van der Waals surface area contributed by atoms with E-state index in [1.807, 2.05) is 11.8 Å². The van der Waals surface area contributed by atoms with Crippen LogP contribution in [0.5, 0.6) is 0 Å². The molecule has 0 aliphatic heterocycles. The van der Waals surface area contributed by atoms with Crippen molar-refractivity contribution < 1.29 is 0 Å². The molecule has 0 spiro atoms. The van der Waals surface area contributed by atoms with Crippen molar-refractivity contribution in [2.75, 3.05) is 5.88 Å². The molecule has 0 amide bonds. The van der Waals surface area contributed by atoms with E-state index in [9.17, 15) is 0 Å². The summed E-state index contributed by atoms with van der Waals surface area (Å²) in [5.74, 6) is 1.05. The molecule has 1 saturated carbocycles. The standard InChI is InChI=1S/C11H15NS/c1-9-2-6-11(7-3-9)13-8-12-10-4-5-10/h2-3,6-7,10,12H,4-5,8H2,1H3. The Bertz CT molecular complexity index is 264. The van der Waals surface area contributed by atoms with Gasteiger partial charge >= 0.3 is 0 Å². The molecule has 1 aromatic carbocycles. The number of benzene rings is 1. The number of rotatable bonds is 4. The van der Waals surface area contributed by atoms with Crippen molar-refractivity contribution in [1.82, 2.24) is 5.32 Å². The lowest BCUT2D eigenvalue weighted by Gasteiger charge is -2.02. The zero-order valence-corrected chi connectivity index (χ0v) is 8.73. The zero-order chi connectivity index (χ0) is 9.10. The van der Waals surface area contributed by atoms with E-state index in [4.69, 9.17) is 0 Å². The fraction of sp³-hybridized carbons (Fsp3) is 0.455. The van der Waals surface area contributed by atoms with Gasteiger partial charge in [-0.3, -0.25) is 0 Å². The maximum atomic E-state index is 3.48. The van der Waals surface area contributed by atoms with Crippen LogP contribution in [0.1, 0.15) is 18.4 Å². The number of hydrogen-bond acceptors (Lipinski definition) is 2. The predicted molar refractivity (Wildman–Crippen MR) is 58.1 cm³/mol. The van der Waals surface area contributed by atoms with Crippen LogP contribution in [-0.2, 0) is 0 Å². The Labute approximate surface area is 83.9 Å². The summed E-state index contributed by atoms with van der Waals surface area (Å²) in [7, 11) is 0. The second kappa shape index (κ2) is 4.16. The molecule has 0 heterocycles. The first-order chi connectivity index (χ1) is 6.34. The topological polar surface area (TPSA) is 12.0 Å². The van der Waals surface area contributed by atoms with Gasteiger partial charge in [-0.05, 0) is 31.9 Å². The maximum Gasteiger partial charge on any atom is 0.0467 e. The minimum atomic E-state index is 0.818. The van der Waals surface area contributed by atoms with Crippen LogP contribution in [0.15, 0.2) is 29.2 Å². The van der Waals surface area contributed by atoms with Crippen LogP contribution in [0, 0.1) is 6.92 Å². The van der Waals surface area contributed by atoms with Gasteiger partial charge in [-0.15, -0.1) is 11.8 Å². The number of nitrogens with one attached hydrogen (secondary N) is 1. The Kier molecular flexibility index (Phi) is 2.91. The van der Waals surface area contributed by atoms with Gasteiger partial charge in [0, 0.05) is 16.8 Å². The highest BCUT2D eigenvalue weighted by molar-refractivity contribution is 7.99. The minimum Gasteiger partial charge on any atom is -0.305 e. The summed E-state index contributed by atoms with van der Waals surface area (Å²) in [6.45, 7) is 2.12. The van der Waals surface area contributed by atoms with Crippen molar-refractivity contribution >= 4 is 11.8 Å². The van der Waals surface area contributed by atoms with Crippen LogP contribution >= 0.6 is 11.8 Å². The van der Waals surface area contributed by atoms with Crippen LogP contribution in [0.2, 0.25) is 0 Å². The van der Waals surface area contributed by atoms with Crippen molar-refractivity contribution in [2.24, 2.45) is 0 Å². The van der Waals surface area contributed by atoms with Crippen LogP contribution < -0.4 is 5.32 Å². The third-order valence-electron chi connectivity index (χ3n) is 2.21. The molecule has 2 rings (SSSR count). The van der Waals surface area contributed by atoms with Gasteiger partial charge in [0.1, 0.15) is 0 Å². The molecule has 1 aromatic rings. The van der Waals surface area contributed by atoms with E-state index < -0.39 is 0 Å². The summed E-state index contributed by atoms with van der Waals surface area (Å²) in [5, 5.41) is 3.48. The summed E-state index contributed by atoms with van der Waals surface area (Å²) in [4.78, 5) is 1.36. The fourth-order valence-electron chi connectivity index (χ4n) is 1.16. The predicted octanol–water partition coefficient (Wildman–Crippen LogP) is 2.80. The second-order valence-electron chi connectivity index (χ2n) is 3.58. The van der Waals surface area contributed by atoms with Crippen molar-refractivity contribution in [3.8, 4) is 0 Å². The lowest BCUT2D eigenvalue weighted by atomic mass is 10.2. The lowest BCUT2D eigenvalue weighted by Crippen LogP contribution is -2.14. The van der Waals surface area contributed by atoms with Crippen molar-refractivity contribution in [2.45, 2.75) is 30.7 Å². The van der Waals surface area contributed by atoms with Crippen LogP contribution in [-0.4, -0.2) is 11.9 Å². The average Bonchev–Trinajstić information content (AvgIpc) is 2.92. The molecule has 1 aliphatic carbocycles. The molecule has 2 heteroatoms. The second-order valence-corrected chi connectivity index (χ2v) is 4.63. The highest BCUT2D eigenvalue weighted by Gasteiger charge is 2.19. The largest absolute Gasteiger partial charge is 0.305 e. The molecule has 0 atom stereocenters. The van der Waals surface area contributed by atoms with Gasteiger partial charge in [-0.1, -0.05) is 17.7 Å². The quantitative estimate of drug-likeness (QED) is 0.583. The van der Waals surface area contributed by atoms with Gasteiger partial charge in [0.15, 0.2) is 0 Å². The molecule has 0 radical (unpaired) electrons. The van der Waals surface area contributed by atoms with E-state index in [0.717, 1.165) is 11.9 Å². The van der Waals surface area contributed by atoms with E-state index >= 15 is 0 Å². The molecule has 70 valence electrons. The molecule has 1 nitrogen and oxygen atoms in total. The normalized spacial score (nSPS) is 16.1. The third-order valence-corrected chi connectivity index (χ3v) is 3.13. The molecule has 0 unspecified atom stereocenters. The average molecular weight is 193 g/mol. The maximum absolute atomic E-state index is 3.48. The molecule has 0 saturated heterocycles. The summed E-state index contributed by atoms with van der Waals surface area (Å²) in [6.07, 6.45) is 2.74. The fourth-order valence-corrected chi connectivity index (χ4v) is 1.98. The molecule has 13 heavy (non-hydrogen) atoms. The zero-order valence-electron chi connectivity index (χ0n) is 7.92. The number of hydrogen-bond donors (Lipinski definition) is 1. The first-order valence-corrected chi connectivity index (χ1v) is 5.76. The van der Waals surface area contributed by atoms with E-state index in [1.165, 1.54) is 23.3 Å². The third kappa shape index (κ3) is 3.05. The molecule has 0 bridgehead atoms. The molecular formula is C11H15NS. The Morgan fingerprint density at radius 3 is 2.62 bits per heavy atom. The van der Waals surface area contributed by atoms with E-state index in [0.29, 0.717) is 0 Å². The SMILES string of the molecule is Cc1ccc(SCNC2CC2)cc1. The van der Waals surface area contributed by atoms with E-state index in [-0.39, 0.29) is 0 Å². The Morgan fingerprint density at radius 1 is 1.31 bits per heavy atom. The highest BCUT2D eigenvalue weighted by Crippen LogP contribution is 2.22. The monoisotopic (exact) mass is 193 g/mol. The summed E-state index contributed by atoms with van der Waals surface area (Å²) >= 11 is 1.89. The van der Waals surface area contributed by atoms with Gasteiger partial charge in [0.25, 0.3) is 0 Å². The Balaban J connectivity index is 1.76. The molecule has 1 N–H and O–H groups in total. The molecule has 1 aliphatic rings. The Hall–Kier alpha value is -0.470. The van der Waals surface area contributed by atoms with E-state index in [2.05, 4.69) is 36.5 Å². The summed E-state index contributed by atoms with van der Waals surface area (Å²) < 4.78 is 0. The van der Waals surface area contributed by atoms with Gasteiger partial charge < -0.3 is 5.32 Å². The molecular weight excluding hydrogens is 178 g/mol. The highest BCUT2D eigenvalue weighted by atomic mass is 32.2. The smallest absolute Gasteiger partial charge is 0.0467 e. The van der Waals surface area contributed by atoms with E-state index in [1.54, 1.807) is 0 Å². The molecule has 0 aromatic heterocycles. The summed E-state index contributed by atoms with van der Waals surface area (Å²) in [5.41, 5.74) is 1.33. The van der Waals surface area contributed by atoms with Crippen LogP contribution in [0.4, 0.5) is 0 Å². The van der Waals surface area contributed by atoms with Crippen LogP contribution in [0.25, 0.3) is 0 Å². The van der Waals surface area contributed by atoms with Crippen molar-refractivity contribution in [3.63, 3.8) is 0 Å². The Morgan fingerprint density at radius 2 is 2.00 bits per heavy atom. The first-order valence-electron chi connectivity index (χ1n) is 4.77. The van der Waals surface area contributed by atoms with Crippen molar-refractivity contribution in [1.29, 1.82) is 0 Å². The van der Waals surface area contributed by atoms with Gasteiger partial charge in [-0.2, -0.15) is 0 Å². The van der Waals surface area contributed by atoms with Crippen molar-refractivity contribution in [3.05, 3.63) is 29.8 Å². The lowest BCUT2D eigenvalue weighted by molar-refractivity contribution is 0.789. The first kappa shape index (κ1) is 9.10. The number of aryl methyl sites for hydroxylation is 1.